The summed E-state index contributed by atoms with van der Waals surface area (Å²) in [5, 5.41) is 71.1. The summed E-state index contributed by atoms with van der Waals surface area (Å²) in [5.74, 6) is -8.17. The first-order valence-corrected chi connectivity index (χ1v) is 22.6. The molecule has 0 saturated carbocycles. The number of thiazole rings is 1. The number of amides is 4. The quantitative estimate of drug-likeness (QED) is 0.0223. The standard InChI is InChI=1S/C40H44Cl2N8O13S2/c1-40(2,38(61)62)63-47-27(22-18-65-39(43)45-22)33(56)46-28-35(58)49-29(37(59)60)19(17-64-36(28)49)16-50(13-3-4-14-50)15-12-48(34(57)21-7-9-24(52)31(54)26(21)42)11-5-10-44-32(55)20-6-8-23(51)30(53)25(20)41/h6-9,18,28,36H,3-5,10-17H2,1-2H3,(H9-,43,44,45,46,47,51,52,53,54,55,56,57,59,60,61,62)/t28-,36-/m1/s1. The van der Waals surface area contributed by atoms with Crippen molar-refractivity contribution in [1.82, 2.24) is 25.4 Å². The molecule has 0 spiro atoms. The predicted octanol–water partition coefficient (Wildman–Crippen LogP) is 1.42. The van der Waals surface area contributed by atoms with Crippen molar-refractivity contribution in [2.45, 2.75) is 50.1 Å². The number of carbonyl (C=O) groups is 6. The second-order valence-corrected chi connectivity index (χ2v) is 18.6. The summed E-state index contributed by atoms with van der Waals surface area (Å²) < 4.78 is 0.320. The van der Waals surface area contributed by atoms with Crippen molar-refractivity contribution in [3.63, 3.8) is 0 Å². The molecule has 0 bridgehead atoms. The van der Waals surface area contributed by atoms with Gasteiger partial charge < -0.3 is 66.0 Å². The van der Waals surface area contributed by atoms with Gasteiger partial charge in [0.25, 0.3) is 23.6 Å². The normalized spacial score (nSPS) is 18.1. The van der Waals surface area contributed by atoms with Crippen molar-refractivity contribution in [1.29, 1.82) is 0 Å². The third-order valence-corrected chi connectivity index (χ3v) is 13.9. The molecule has 2 fully saturated rings. The topological polar surface area (TPSA) is 318 Å². The number of aromatic nitrogens is 1. The number of nitrogens with zero attached hydrogens (tertiary/aromatic N) is 5. The summed E-state index contributed by atoms with van der Waals surface area (Å²) in [6.07, 6.45) is 1.75. The number of phenolic OH excluding ortho intramolecular Hbond substituents is 4. The van der Waals surface area contributed by atoms with Crippen LogP contribution in [0.5, 0.6) is 23.0 Å². The number of nitrogen functional groups attached to an aromatic ring is 1. The number of carboxylic acids is 2. The Kier molecular flexibility index (Phi) is 14.6. The molecule has 0 aliphatic carbocycles. The maximum absolute atomic E-state index is 14.1. The fourth-order valence-electron chi connectivity index (χ4n) is 7.51. The van der Waals surface area contributed by atoms with Crippen LogP contribution in [0.15, 0.2) is 46.1 Å². The van der Waals surface area contributed by atoms with Gasteiger partial charge in [0.15, 0.2) is 33.8 Å². The van der Waals surface area contributed by atoms with E-state index in [1.807, 2.05) is 0 Å². The first-order chi connectivity index (χ1) is 30.7. The summed E-state index contributed by atoms with van der Waals surface area (Å²) in [4.78, 5) is 90.4. The number of thioether (sulfide) groups is 1. The number of likely N-dealkylation sites (tertiary alicyclic amines) is 1. The van der Waals surface area contributed by atoms with E-state index < -0.39 is 81.3 Å². The first-order valence-electron chi connectivity index (χ1n) is 19.9. The van der Waals surface area contributed by atoms with E-state index in [4.69, 9.17) is 33.8 Å². The van der Waals surface area contributed by atoms with Crippen LogP contribution in [0.4, 0.5) is 5.13 Å². The van der Waals surface area contributed by atoms with Gasteiger partial charge in [-0.2, -0.15) is 0 Å². The fraction of sp³-hybridized carbons (Fsp3) is 0.400. The number of rotatable bonds is 18. The zero-order valence-electron chi connectivity index (χ0n) is 34.7. The molecule has 6 rings (SSSR count). The summed E-state index contributed by atoms with van der Waals surface area (Å²) in [5.41, 5.74) is 3.28. The lowest BCUT2D eigenvalue weighted by Gasteiger charge is -2.51. The van der Waals surface area contributed by atoms with Crippen molar-refractivity contribution < 1.29 is 68.7 Å². The number of anilines is 1. The molecule has 2 aromatic carbocycles. The average Bonchev–Trinajstić information content (AvgIpc) is 3.91. The van der Waals surface area contributed by atoms with Crippen LogP contribution < -0.4 is 21.5 Å². The Balaban J connectivity index is 1.18. The fourth-order valence-corrected chi connectivity index (χ4v) is 9.88. The predicted molar refractivity (Wildman–Crippen MR) is 234 cm³/mol. The number of nitrogens with one attached hydrogen (secondary N) is 2. The van der Waals surface area contributed by atoms with Gasteiger partial charge in [0.1, 0.15) is 23.7 Å². The van der Waals surface area contributed by atoms with Gasteiger partial charge in [-0.05, 0) is 44.5 Å². The minimum atomic E-state index is -1.84. The number of carbonyl (C=O) groups excluding carboxylic acids is 5. The zero-order chi connectivity index (χ0) is 47.5. The molecule has 65 heavy (non-hydrogen) atoms. The number of aliphatic carboxylic acids is 2. The zero-order valence-corrected chi connectivity index (χ0v) is 37.9. The summed E-state index contributed by atoms with van der Waals surface area (Å²) in [7, 11) is 0. The van der Waals surface area contributed by atoms with Gasteiger partial charge in [-0.15, -0.1) is 23.1 Å². The van der Waals surface area contributed by atoms with Gasteiger partial charge in [0.05, 0.1) is 59.0 Å². The van der Waals surface area contributed by atoms with Crippen LogP contribution in [-0.4, -0.2) is 155 Å². The number of oxime groups is 1. The maximum atomic E-state index is 14.1. The number of hydrogen-bond acceptors (Lipinski definition) is 17. The molecule has 9 N–H and O–H groups in total. The van der Waals surface area contributed by atoms with Crippen molar-refractivity contribution >= 4 is 92.7 Å². The number of carboxylic acid groups (broad SMARTS) is 2. The third kappa shape index (κ3) is 10.3. The molecule has 21 nitrogen and oxygen atoms in total. The van der Waals surface area contributed by atoms with Crippen molar-refractivity contribution in [2.75, 3.05) is 57.3 Å². The van der Waals surface area contributed by atoms with Gasteiger partial charge in [0, 0.05) is 42.6 Å². The van der Waals surface area contributed by atoms with Crippen LogP contribution in [0, 0.1) is 0 Å². The maximum Gasteiger partial charge on any atom is 0.350 e. The van der Waals surface area contributed by atoms with Crippen LogP contribution in [-0.2, 0) is 24.0 Å². The molecule has 4 amide bonds. The van der Waals surface area contributed by atoms with Crippen LogP contribution in [0.25, 0.3) is 0 Å². The highest BCUT2D eigenvalue weighted by Crippen LogP contribution is 2.42. The van der Waals surface area contributed by atoms with Gasteiger partial charge in [-0.3, -0.25) is 24.1 Å². The van der Waals surface area contributed by atoms with E-state index in [-0.39, 0.29) is 76.0 Å². The largest absolute Gasteiger partial charge is 0.543 e. The van der Waals surface area contributed by atoms with Crippen LogP contribution in [0.2, 0.25) is 10.0 Å². The minimum Gasteiger partial charge on any atom is -0.543 e. The smallest absolute Gasteiger partial charge is 0.350 e. The lowest BCUT2D eigenvalue weighted by molar-refractivity contribution is -0.911. The summed E-state index contributed by atoms with van der Waals surface area (Å²) in [6, 6.07) is 3.51. The average molecular weight is 980 g/mol. The van der Waals surface area contributed by atoms with Crippen molar-refractivity contribution in [3.8, 4) is 23.0 Å². The molecule has 348 valence electrons. The summed E-state index contributed by atoms with van der Waals surface area (Å²) in [6.45, 7) is 4.25. The van der Waals surface area contributed by atoms with E-state index in [1.165, 1.54) is 48.0 Å². The van der Waals surface area contributed by atoms with Gasteiger partial charge in [0.2, 0.25) is 5.60 Å². The van der Waals surface area contributed by atoms with Gasteiger partial charge >= 0.3 is 5.97 Å². The van der Waals surface area contributed by atoms with Crippen LogP contribution >= 0.6 is 46.3 Å². The second-order valence-electron chi connectivity index (χ2n) is 15.9. The number of aromatic hydroxyl groups is 4. The molecule has 3 aliphatic heterocycles. The molecule has 0 unspecified atom stereocenters. The van der Waals surface area contributed by atoms with Crippen LogP contribution in [0.3, 0.4) is 0 Å². The highest BCUT2D eigenvalue weighted by Gasteiger charge is 2.54. The molecule has 25 heteroatoms. The van der Waals surface area contributed by atoms with E-state index >= 15 is 0 Å². The van der Waals surface area contributed by atoms with E-state index in [9.17, 15) is 59.4 Å². The molecule has 2 atom stereocenters. The Morgan fingerprint density at radius 2 is 1.66 bits per heavy atom. The van der Waals surface area contributed by atoms with Crippen LogP contribution in [0.1, 0.15) is 59.5 Å². The highest BCUT2D eigenvalue weighted by atomic mass is 35.5. The Hall–Kier alpha value is -6.01. The van der Waals surface area contributed by atoms with Gasteiger partial charge in [-0.25, -0.2) is 9.78 Å². The Labute approximate surface area is 388 Å². The lowest BCUT2D eigenvalue weighted by atomic mass is 10.0. The Morgan fingerprint density at radius 1 is 1.03 bits per heavy atom. The molecule has 0 radical (unpaired) electrons. The first kappa shape index (κ1) is 48.4. The molecule has 4 heterocycles. The molecule has 3 aliphatic rings. The molecular weight excluding hydrogens is 936 g/mol. The molecule has 3 aromatic rings. The Bertz CT molecular complexity index is 2490. The second kappa shape index (κ2) is 19.6. The highest BCUT2D eigenvalue weighted by molar-refractivity contribution is 8.00. The number of phenols is 4. The lowest BCUT2D eigenvalue weighted by Crippen LogP contribution is -2.72. The van der Waals surface area contributed by atoms with Crippen molar-refractivity contribution in [2.24, 2.45) is 5.16 Å². The monoisotopic (exact) mass is 978 g/mol. The molecule has 1 aromatic heterocycles. The number of nitrogens with two attached hydrogens (primary N) is 1. The minimum absolute atomic E-state index is 0.0327. The van der Waals surface area contributed by atoms with Gasteiger partial charge in [-0.1, -0.05) is 28.4 Å². The van der Waals surface area contributed by atoms with E-state index in [0.29, 0.717) is 29.7 Å². The Morgan fingerprint density at radius 3 is 2.26 bits per heavy atom. The number of halogens is 2. The molecule has 2 saturated heterocycles. The van der Waals surface area contributed by atoms with E-state index in [1.54, 1.807) is 0 Å². The van der Waals surface area contributed by atoms with E-state index in [0.717, 1.165) is 41.2 Å². The molecular formula is C40H44Cl2N8O13S2. The number of hydrogen-bond donors (Lipinski definition) is 8. The number of quaternary nitrogens is 1. The van der Waals surface area contributed by atoms with Crippen molar-refractivity contribution in [3.05, 3.63) is 67.8 Å². The number of fused-ring (bicyclic) bond motifs is 1. The third-order valence-electron chi connectivity index (χ3n) is 11.1. The number of benzene rings is 2. The SMILES string of the molecule is CC(C)(O/N=C(\C(=O)N[C@@H]1C(=O)N2C(C(=O)[O-])=C(C[N+]3(CCN(CCCNC(=O)c4ccc(O)c(O)c4Cl)C(=O)c4ccc(O)c(O)c4Cl)CCCC3)CS[C@H]12)c1csc(N)n1)C(=O)O. The number of β-lactam (4-membered cyclic amide) rings is 1. The van der Waals surface area contributed by atoms with E-state index in [2.05, 4.69) is 20.8 Å². The summed E-state index contributed by atoms with van der Waals surface area (Å²) >= 11 is 14.6.